The summed E-state index contributed by atoms with van der Waals surface area (Å²) in [6, 6.07) is 26.2. The molecule has 120 heavy (non-hydrogen) atoms. The summed E-state index contributed by atoms with van der Waals surface area (Å²) in [5, 5.41) is 7.77. The van der Waals surface area contributed by atoms with Crippen molar-refractivity contribution in [2.75, 3.05) is 57.3 Å². The first-order valence-electron chi connectivity index (χ1n) is 40.0. The molecule has 0 spiro atoms. The van der Waals surface area contributed by atoms with Gasteiger partial charge < -0.3 is 76.3 Å². The number of rotatable bonds is 0. The first-order valence-corrected chi connectivity index (χ1v) is 40.9. The lowest BCUT2D eigenvalue weighted by molar-refractivity contribution is 0.613. The van der Waals surface area contributed by atoms with E-state index in [1.54, 1.807) is 85.8 Å². The molecule has 0 aliphatic heterocycles. The Morgan fingerprint density at radius 2 is 1.10 bits per heavy atom. The van der Waals surface area contributed by atoms with Crippen molar-refractivity contribution in [2.45, 2.75) is 138 Å². The Morgan fingerprint density at radius 1 is 0.500 bits per heavy atom. The zero-order valence-electron chi connectivity index (χ0n) is 70.0. The average molecular weight is 1620 g/mol. The van der Waals surface area contributed by atoms with Crippen LogP contribution in [0.4, 0.5) is 58.2 Å². The minimum absolute atomic E-state index is 0.454. The maximum atomic E-state index is 5.75. The molecule has 0 saturated carbocycles. The van der Waals surface area contributed by atoms with Crippen LogP contribution in [0.3, 0.4) is 0 Å². The van der Waals surface area contributed by atoms with Gasteiger partial charge in [0.15, 0.2) is 11.4 Å². The van der Waals surface area contributed by atoms with Crippen LogP contribution in [0.1, 0.15) is 161 Å². The fraction of sp³-hybridized carbons (Fsp3) is 0.245. The molecule has 0 bridgehead atoms. The molecule has 6 aliphatic rings. The summed E-state index contributed by atoms with van der Waals surface area (Å²) in [6.45, 7) is 21.2. The van der Waals surface area contributed by atoms with Crippen molar-refractivity contribution < 1.29 is 4.42 Å². The Balaban J connectivity index is 0.000000121. The molecule has 16 aromatic heterocycles. The number of pyridine rings is 11. The smallest absolute Gasteiger partial charge is 0.176 e. The van der Waals surface area contributed by atoms with E-state index in [2.05, 4.69) is 161 Å². The third-order valence-electron chi connectivity index (χ3n) is 22.1. The summed E-state index contributed by atoms with van der Waals surface area (Å²) < 4.78 is 8.32. The second-order valence-electron chi connectivity index (χ2n) is 30.9. The number of nitrogens with two attached hydrogens (primary N) is 10. The monoisotopic (exact) mass is 1620 g/mol. The van der Waals surface area contributed by atoms with Gasteiger partial charge in [-0.25, -0.2) is 49.8 Å². The van der Waals surface area contributed by atoms with Crippen molar-refractivity contribution in [1.29, 1.82) is 0 Å². The molecule has 0 saturated heterocycles. The molecule has 0 radical (unpaired) electrons. The lowest BCUT2D eigenvalue weighted by Gasteiger charge is -2.05. The van der Waals surface area contributed by atoms with E-state index in [9.17, 15) is 0 Å². The number of aromatic amines is 2. The number of fused-ring (bicyclic) bond motifs is 11. The highest BCUT2D eigenvalue weighted by Crippen LogP contribution is 2.38. The molecule has 4 atom stereocenters. The van der Waals surface area contributed by atoms with Crippen molar-refractivity contribution >= 4 is 141 Å². The van der Waals surface area contributed by atoms with Gasteiger partial charge in [0.25, 0.3) is 0 Å². The highest BCUT2D eigenvalue weighted by atomic mass is 32.1. The predicted molar refractivity (Wildman–Crippen MR) is 497 cm³/mol. The van der Waals surface area contributed by atoms with Crippen molar-refractivity contribution in [3.05, 3.63) is 284 Å². The summed E-state index contributed by atoms with van der Waals surface area (Å²) in [7, 11) is 1.99. The zero-order chi connectivity index (χ0) is 85.4. The summed E-state index contributed by atoms with van der Waals surface area (Å²) >= 11 is 1.65. The summed E-state index contributed by atoms with van der Waals surface area (Å²) in [4.78, 5) is 50.4. The minimum atomic E-state index is 0.454. The van der Waals surface area contributed by atoms with Crippen LogP contribution in [-0.2, 0) is 45.6 Å². The Kier molecular flexibility index (Phi) is 27.6. The summed E-state index contributed by atoms with van der Waals surface area (Å²) in [5.41, 5.74) is 83.3. The quantitative estimate of drug-likeness (QED) is 0.0671. The minimum Gasteiger partial charge on any atom is -0.460 e. The number of nitrogens with zero attached hydrogens (tertiary/aromatic N) is 12. The largest absolute Gasteiger partial charge is 0.460 e. The van der Waals surface area contributed by atoms with Gasteiger partial charge in [-0.15, -0.1) is 11.3 Å². The second-order valence-corrected chi connectivity index (χ2v) is 31.8. The standard InChI is InChI=1S/C9H12N2.C9H10N2.C9H12N2.C9H10N2.C9H12N2.C9H10N2.2C8H9N3.C8H8N2O.C8H8N2S.C8H8N2/c2*1-6-4-7-2-3-11-9(10)8(7)5-6;2*1-6-2-3-8-7(6)4-5-11-9(8)10;2*1-6-2-3-7-4-5-11-9(10)8(6)7;1-11-5-3-6-7(11)2-4-10-8(6)9;3*1-5-4-11-7-6(5)2-3-10-8(7)9;1-6-4-7-2-3-9-5-8(7)10-6/h2-3,6H,4-5H2,1H3,(H2,10,11);2-3,5H,4H2,1H3,(H2,10,11);4-6H,2-3H2,1H3,(H2,10,11);2-6H,1H3,(H2,10,11);4-6H,2-3H2,1H3,(H2,10,11);2,4-5H,3H2,1H3,(H2,10,11);2-5H,1H3,(H2,9,10);2-4,11H,1H3,(H2,9,10);2*2-4H,1H3,(H2,9,10);2-5,10H,1H3. The van der Waals surface area contributed by atoms with Gasteiger partial charge in [-0.3, -0.25) is 4.98 Å². The number of nitrogens with one attached hydrogen (secondary N) is 2. The van der Waals surface area contributed by atoms with Crippen LogP contribution in [0, 0.1) is 33.6 Å². The number of furan rings is 1. The molecule has 0 amide bonds. The average Bonchev–Trinajstić information content (AvgIpc) is 1.67. The van der Waals surface area contributed by atoms with Crippen LogP contribution in [-0.4, -0.2) is 69.4 Å². The number of aromatic nitrogens is 14. The van der Waals surface area contributed by atoms with E-state index in [1.165, 1.54) is 114 Å². The molecule has 0 aromatic carbocycles. The number of hydrogen-bond acceptors (Lipinski definition) is 23. The maximum Gasteiger partial charge on any atom is 0.176 e. The van der Waals surface area contributed by atoms with Crippen molar-refractivity contribution in [2.24, 2.45) is 13.0 Å². The van der Waals surface area contributed by atoms with E-state index in [0.29, 0.717) is 64.1 Å². The molecule has 16 heterocycles. The summed E-state index contributed by atoms with van der Waals surface area (Å²) in [6.07, 6.45) is 44.3. The van der Waals surface area contributed by atoms with Crippen LogP contribution in [0.5, 0.6) is 0 Å². The Bertz CT molecular complexity index is 6000. The van der Waals surface area contributed by atoms with E-state index in [0.717, 1.165) is 109 Å². The van der Waals surface area contributed by atoms with Crippen LogP contribution in [0.25, 0.3) is 71.5 Å². The number of anilines is 10. The Morgan fingerprint density at radius 3 is 1.77 bits per heavy atom. The molecule has 26 heteroatoms. The normalized spacial score (nSPS) is 15.3. The van der Waals surface area contributed by atoms with Crippen LogP contribution in [0.15, 0.2) is 199 Å². The topological polar surface area (TPSA) is 452 Å². The first kappa shape index (κ1) is 85.4. The molecular weight excluding hydrogens is 1510 g/mol. The molecular formula is C94H108N24OS. The third kappa shape index (κ3) is 20.3. The van der Waals surface area contributed by atoms with Gasteiger partial charge in [0.2, 0.25) is 0 Å². The highest BCUT2D eigenvalue weighted by Gasteiger charge is 2.24. The van der Waals surface area contributed by atoms with E-state index in [4.69, 9.17) is 61.8 Å². The lowest BCUT2D eigenvalue weighted by atomic mass is 10.0. The van der Waals surface area contributed by atoms with Crippen molar-refractivity contribution in [3.63, 3.8) is 0 Å². The molecule has 6 aliphatic carbocycles. The fourth-order valence-corrected chi connectivity index (χ4v) is 16.5. The number of H-pyrrole nitrogens is 2. The van der Waals surface area contributed by atoms with Gasteiger partial charge in [0.05, 0.1) is 33.7 Å². The van der Waals surface area contributed by atoms with E-state index in [1.807, 2.05) is 112 Å². The fourth-order valence-electron chi connectivity index (χ4n) is 15.5. The summed E-state index contributed by atoms with van der Waals surface area (Å²) in [5.74, 6) is 8.93. The van der Waals surface area contributed by atoms with Crippen LogP contribution >= 0.6 is 11.3 Å². The van der Waals surface area contributed by atoms with Crippen LogP contribution < -0.4 is 57.3 Å². The Labute approximate surface area is 703 Å². The van der Waals surface area contributed by atoms with Gasteiger partial charge in [-0.1, -0.05) is 57.6 Å². The zero-order valence-corrected chi connectivity index (χ0v) is 70.8. The maximum absolute atomic E-state index is 5.75. The second kappa shape index (κ2) is 38.8. The molecule has 22 rings (SSSR count). The predicted octanol–water partition coefficient (Wildman–Crippen LogP) is 18.3. The van der Waals surface area contributed by atoms with Gasteiger partial charge in [0.1, 0.15) is 52.4 Å². The number of nitrogen functional groups attached to an aromatic ring is 10. The molecule has 0 fully saturated rings. The van der Waals surface area contributed by atoms with Crippen molar-refractivity contribution in [1.82, 2.24) is 69.4 Å². The molecule has 4 unspecified atom stereocenters. The van der Waals surface area contributed by atoms with Crippen LogP contribution in [0.2, 0.25) is 0 Å². The number of hydrogen-bond donors (Lipinski definition) is 12. The van der Waals surface area contributed by atoms with E-state index >= 15 is 0 Å². The highest BCUT2D eigenvalue weighted by molar-refractivity contribution is 7.18. The number of aryl methyl sites for hydroxylation is 6. The molecule has 22 N–H and O–H groups in total. The molecule has 616 valence electrons. The van der Waals surface area contributed by atoms with Crippen molar-refractivity contribution in [3.8, 4) is 0 Å². The SMILES string of the molecule is CC1=CCc2ccnc(N)c21.CC1=Cc2c(ccnc2N)C1.CC1C=Cc2c1ccnc2N.CC1CCc2c1ccnc2N.CC1CCc2ccnc(N)c21.CC1Cc2ccnc(N)c2C1.Cc1c[nH]c2c(N)nccc12.Cc1cc2ccncc2[nH]1.Cc1coc2c(N)nccc12.Cc1csc2c(N)nccc12.Cn1ccc2c(N)nccc21. The van der Waals surface area contributed by atoms with Gasteiger partial charge in [-0.2, -0.15) is 0 Å². The number of allylic oxidation sites excluding steroid dienone is 4. The molecule has 25 nitrogen and oxygen atoms in total. The Hall–Kier alpha value is -14.0. The van der Waals surface area contributed by atoms with Gasteiger partial charge >= 0.3 is 0 Å². The third-order valence-corrected chi connectivity index (χ3v) is 23.2. The van der Waals surface area contributed by atoms with E-state index < -0.39 is 0 Å². The van der Waals surface area contributed by atoms with E-state index in [-0.39, 0.29) is 0 Å². The van der Waals surface area contributed by atoms with Gasteiger partial charge in [0, 0.05) is 148 Å². The molecule has 16 aromatic rings. The first-order chi connectivity index (χ1) is 57.7. The van der Waals surface area contributed by atoms with Gasteiger partial charge in [-0.05, 0) is 262 Å². The lowest BCUT2D eigenvalue weighted by Crippen LogP contribution is -1.98. The number of thiophene rings is 1.